The average Bonchev–Trinajstić information content (AvgIpc) is 2.45. The fourth-order valence-corrected chi connectivity index (χ4v) is 1.97. The highest BCUT2D eigenvalue weighted by molar-refractivity contribution is 6.42. The lowest BCUT2D eigenvalue weighted by Gasteiger charge is -2.13. The summed E-state index contributed by atoms with van der Waals surface area (Å²) in [5.41, 5.74) is 5.90. The van der Waals surface area contributed by atoms with Crippen molar-refractivity contribution < 1.29 is 13.9 Å². The van der Waals surface area contributed by atoms with E-state index in [0.29, 0.717) is 17.4 Å². The molecule has 0 heterocycles. The van der Waals surface area contributed by atoms with Gasteiger partial charge in [-0.25, -0.2) is 4.39 Å². The lowest BCUT2D eigenvalue weighted by Crippen LogP contribution is -2.00. The van der Waals surface area contributed by atoms with E-state index in [-0.39, 0.29) is 22.2 Å². The number of hydrogen-bond acceptors (Lipinski definition) is 3. The summed E-state index contributed by atoms with van der Waals surface area (Å²) in [4.78, 5) is 0. The maximum Gasteiger partial charge on any atom is 0.167 e. The number of nitrogen functional groups attached to an aromatic ring is 1. The molecule has 0 saturated heterocycles. The van der Waals surface area contributed by atoms with Crippen LogP contribution in [0.5, 0.6) is 17.2 Å². The summed E-state index contributed by atoms with van der Waals surface area (Å²) in [6.07, 6.45) is 0.764. The molecule has 2 aromatic rings. The van der Waals surface area contributed by atoms with E-state index < -0.39 is 5.82 Å². The van der Waals surface area contributed by atoms with Crippen LogP contribution in [0.15, 0.2) is 30.3 Å². The molecule has 0 atom stereocenters. The second-order valence-corrected chi connectivity index (χ2v) is 5.11. The summed E-state index contributed by atoms with van der Waals surface area (Å²) in [5.74, 6) is 0.139. The highest BCUT2D eigenvalue weighted by Gasteiger charge is 2.13. The predicted octanol–water partition coefficient (Wildman–Crippen LogP) is 5.30. The van der Waals surface area contributed by atoms with Gasteiger partial charge in [-0.2, -0.15) is 0 Å². The van der Waals surface area contributed by atoms with Gasteiger partial charge in [0.1, 0.15) is 10.8 Å². The van der Waals surface area contributed by atoms with Crippen LogP contribution in [0.4, 0.5) is 10.1 Å². The van der Waals surface area contributed by atoms with E-state index >= 15 is 0 Å². The molecular weight excluding hydrogens is 316 g/mol. The summed E-state index contributed by atoms with van der Waals surface area (Å²) in [6, 6.07) is 7.53. The van der Waals surface area contributed by atoms with Crippen molar-refractivity contribution in [2.75, 3.05) is 12.3 Å². The first-order chi connectivity index (χ1) is 10.0. The highest BCUT2D eigenvalue weighted by Crippen LogP contribution is 2.38. The average molecular weight is 330 g/mol. The van der Waals surface area contributed by atoms with Crippen LogP contribution < -0.4 is 15.2 Å². The van der Waals surface area contributed by atoms with Crippen molar-refractivity contribution in [1.29, 1.82) is 0 Å². The van der Waals surface area contributed by atoms with Gasteiger partial charge in [-0.05, 0) is 18.6 Å². The number of anilines is 1. The number of rotatable bonds is 5. The Kier molecular flexibility index (Phi) is 5.15. The standard InChI is InChI=1S/C15H14Cl2FNO2/c1-2-6-20-13-8-14(11(19)7-10(13)18)21-12-5-3-4-9(16)15(12)17/h3-5,7-8H,2,6,19H2,1H3. The monoisotopic (exact) mass is 329 g/mol. The summed E-state index contributed by atoms with van der Waals surface area (Å²) < 4.78 is 24.6. The van der Waals surface area contributed by atoms with Crippen molar-refractivity contribution >= 4 is 28.9 Å². The van der Waals surface area contributed by atoms with Gasteiger partial charge in [0, 0.05) is 12.1 Å². The Balaban J connectivity index is 2.33. The van der Waals surface area contributed by atoms with Crippen molar-refractivity contribution in [3.63, 3.8) is 0 Å². The van der Waals surface area contributed by atoms with E-state index in [4.69, 9.17) is 38.4 Å². The molecular formula is C15H14Cl2FNO2. The smallest absolute Gasteiger partial charge is 0.167 e. The molecule has 0 spiro atoms. The van der Waals surface area contributed by atoms with Crippen LogP contribution in [0.1, 0.15) is 13.3 Å². The van der Waals surface area contributed by atoms with E-state index in [0.717, 1.165) is 12.5 Å². The summed E-state index contributed by atoms with van der Waals surface area (Å²) in [7, 11) is 0. The molecule has 6 heteroatoms. The van der Waals surface area contributed by atoms with Gasteiger partial charge in [0.2, 0.25) is 0 Å². The maximum atomic E-state index is 13.7. The van der Waals surface area contributed by atoms with Crippen LogP contribution in [-0.2, 0) is 0 Å². The van der Waals surface area contributed by atoms with Crippen LogP contribution in [0, 0.1) is 5.82 Å². The zero-order valence-corrected chi connectivity index (χ0v) is 12.8. The molecule has 0 radical (unpaired) electrons. The van der Waals surface area contributed by atoms with Gasteiger partial charge in [0.25, 0.3) is 0 Å². The first-order valence-electron chi connectivity index (χ1n) is 6.36. The summed E-state index contributed by atoms with van der Waals surface area (Å²) >= 11 is 12.0. The Morgan fingerprint density at radius 1 is 1.14 bits per heavy atom. The second-order valence-electron chi connectivity index (χ2n) is 4.32. The van der Waals surface area contributed by atoms with Gasteiger partial charge < -0.3 is 15.2 Å². The van der Waals surface area contributed by atoms with Crippen LogP contribution >= 0.6 is 23.2 Å². The van der Waals surface area contributed by atoms with Gasteiger partial charge >= 0.3 is 0 Å². The van der Waals surface area contributed by atoms with Crippen molar-refractivity contribution in [2.45, 2.75) is 13.3 Å². The molecule has 0 amide bonds. The minimum absolute atomic E-state index is 0.0826. The van der Waals surface area contributed by atoms with Crippen molar-refractivity contribution in [1.82, 2.24) is 0 Å². The minimum Gasteiger partial charge on any atom is -0.490 e. The molecule has 0 fully saturated rings. The highest BCUT2D eigenvalue weighted by atomic mass is 35.5. The van der Waals surface area contributed by atoms with Gasteiger partial charge in [-0.15, -0.1) is 0 Å². The molecule has 2 aromatic carbocycles. The molecule has 0 aliphatic rings. The first-order valence-corrected chi connectivity index (χ1v) is 7.12. The predicted molar refractivity (Wildman–Crippen MR) is 83.1 cm³/mol. The molecule has 3 nitrogen and oxygen atoms in total. The fraction of sp³-hybridized carbons (Fsp3) is 0.200. The van der Waals surface area contributed by atoms with Crippen LogP contribution in [0.2, 0.25) is 10.0 Å². The molecule has 0 aromatic heterocycles. The normalized spacial score (nSPS) is 10.5. The molecule has 21 heavy (non-hydrogen) atoms. The van der Waals surface area contributed by atoms with Crippen LogP contribution in [0.3, 0.4) is 0 Å². The number of halogens is 3. The number of benzene rings is 2. The lowest BCUT2D eigenvalue weighted by molar-refractivity contribution is 0.300. The van der Waals surface area contributed by atoms with Gasteiger partial charge in [-0.1, -0.05) is 36.2 Å². The van der Waals surface area contributed by atoms with Gasteiger partial charge in [0.15, 0.2) is 17.3 Å². The van der Waals surface area contributed by atoms with Crippen LogP contribution in [0.25, 0.3) is 0 Å². The topological polar surface area (TPSA) is 44.5 Å². The van der Waals surface area contributed by atoms with Crippen LogP contribution in [-0.4, -0.2) is 6.61 Å². The van der Waals surface area contributed by atoms with E-state index in [1.807, 2.05) is 6.92 Å². The quantitative estimate of drug-likeness (QED) is 0.757. The molecule has 0 aliphatic heterocycles. The molecule has 0 unspecified atom stereocenters. The first kappa shape index (κ1) is 15.7. The van der Waals surface area contributed by atoms with Crippen molar-refractivity contribution in [3.8, 4) is 17.2 Å². The van der Waals surface area contributed by atoms with E-state index in [1.165, 1.54) is 6.07 Å². The third kappa shape index (κ3) is 3.71. The molecule has 2 rings (SSSR count). The Bertz CT molecular complexity index is 650. The Hall–Kier alpha value is -1.65. The number of nitrogens with two attached hydrogens (primary N) is 1. The largest absolute Gasteiger partial charge is 0.490 e. The zero-order valence-electron chi connectivity index (χ0n) is 11.3. The zero-order chi connectivity index (χ0) is 15.4. The SMILES string of the molecule is CCCOc1cc(Oc2cccc(Cl)c2Cl)c(N)cc1F. The van der Waals surface area contributed by atoms with Crippen molar-refractivity contribution in [2.24, 2.45) is 0 Å². The van der Waals surface area contributed by atoms with Gasteiger partial charge in [-0.3, -0.25) is 0 Å². The van der Waals surface area contributed by atoms with E-state index in [9.17, 15) is 4.39 Å². The van der Waals surface area contributed by atoms with Crippen molar-refractivity contribution in [3.05, 3.63) is 46.2 Å². The molecule has 0 aliphatic carbocycles. The second kappa shape index (κ2) is 6.87. The van der Waals surface area contributed by atoms with E-state index in [1.54, 1.807) is 18.2 Å². The number of hydrogen-bond donors (Lipinski definition) is 1. The summed E-state index contributed by atoms with van der Waals surface area (Å²) in [6.45, 7) is 2.33. The lowest BCUT2D eigenvalue weighted by atomic mass is 10.2. The third-order valence-corrected chi connectivity index (χ3v) is 3.46. The molecule has 0 bridgehead atoms. The Morgan fingerprint density at radius 2 is 1.90 bits per heavy atom. The number of ether oxygens (including phenoxy) is 2. The molecule has 2 N–H and O–H groups in total. The molecule has 0 saturated carbocycles. The third-order valence-electron chi connectivity index (χ3n) is 2.66. The fourth-order valence-electron chi connectivity index (χ4n) is 1.64. The minimum atomic E-state index is -0.537. The maximum absolute atomic E-state index is 13.7. The Labute approximate surface area is 132 Å². The van der Waals surface area contributed by atoms with E-state index in [2.05, 4.69) is 0 Å². The summed E-state index contributed by atoms with van der Waals surface area (Å²) in [5, 5.41) is 0.622. The molecule has 112 valence electrons. The Morgan fingerprint density at radius 3 is 2.62 bits per heavy atom. The van der Waals surface area contributed by atoms with Gasteiger partial charge in [0.05, 0.1) is 17.3 Å².